The molecule has 218 valence electrons. The molecule has 9 rings (SSSR count). The first-order chi connectivity index (χ1) is 22.8. The van der Waals surface area contributed by atoms with Gasteiger partial charge in [-0.05, 0) is 72.8 Å². The second-order valence-corrected chi connectivity index (χ2v) is 11.6. The second-order valence-electron chi connectivity index (χ2n) is 11.6. The van der Waals surface area contributed by atoms with Crippen molar-refractivity contribution in [1.29, 1.82) is 0 Å². The van der Waals surface area contributed by atoms with Crippen LogP contribution >= 0.6 is 0 Å². The number of hydrogen-bond donors (Lipinski definition) is 0. The lowest BCUT2D eigenvalue weighted by molar-refractivity contribution is 0.627. The average molecular weight is 594 g/mol. The Bertz CT molecular complexity index is 2540. The monoisotopic (exact) mass is 593 g/mol. The Morgan fingerprint density at radius 3 is 1.74 bits per heavy atom. The summed E-state index contributed by atoms with van der Waals surface area (Å²) in [6, 6.07) is 58.0. The molecule has 2 aromatic heterocycles. The van der Waals surface area contributed by atoms with Crippen LogP contribution in [0.15, 0.2) is 170 Å². The summed E-state index contributed by atoms with van der Waals surface area (Å²) in [4.78, 5) is 2.32. The number of halogens is 1. The average Bonchev–Trinajstić information content (AvgIpc) is 3.63. The third kappa shape index (κ3) is 4.04. The van der Waals surface area contributed by atoms with Crippen molar-refractivity contribution in [3.8, 4) is 11.4 Å². The molecule has 3 nitrogen and oxygen atoms in total. The summed E-state index contributed by atoms with van der Waals surface area (Å²) in [5, 5.41) is 4.64. The quantitative estimate of drug-likeness (QED) is 0.193. The Labute approximate surface area is 265 Å². The molecule has 0 aliphatic rings. The molecule has 0 radical (unpaired) electrons. The summed E-state index contributed by atoms with van der Waals surface area (Å²) in [5.41, 5.74) is 9.31. The Morgan fingerprint density at radius 1 is 0.391 bits per heavy atom. The van der Waals surface area contributed by atoms with Crippen molar-refractivity contribution >= 4 is 60.7 Å². The van der Waals surface area contributed by atoms with Crippen molar-refractivity contribution < 1.29 is 4.39 Å². The number of rotatable bonds is 5. The van der Waals surface area contributed by atoms with E-state index in [0.717, 1.165) is 55.8 Å². The van der Waals surface area contributed by atoms with E-state index in [1.165, 1.54) is 22.4 Å². The van der Waals surface area contributed by atoms with Crippen LogP contribution in [-0.4, -0.2) is 9.13 Å². The largest absolute Gasteiger partial charge is 0.309 e. The minimum absolute atomic E-state index is 0.264. The molecule has 4 heteroatoms. The van der Waals surface area contributed by atoms with E-state index in [4.69, 9.17) is 0 Å². The number of nitrogens with zero attached hydrogens (tertiary/aromatic N) is 3. The SMILES string of the molecule is Fc1cccc(-n2c3ccccc3c3cccc(N(c4ccccc4)c4ccc5c6ccccc6n(-c6ccccc6)c5c4)c32)c1. The number of benzene rings is 7. The third-order valence-electron chi connectivity index (χ3n) is 8.93. The van der Waals surface area contributed by atoms with Gasteiger partial charge in [-0.15, -0.1) is 0 Å². The van der Waals surface area contributed by atoms with Crippen LogP contribution in [0.1, 0.15) is 0 Å². The van der Waals surface area contributed by atoms with Gasteiger partial charge < -0.3 is 14.0 Å². The summed E-state index contributed by atoms with van der Waals surface area (Å²) < 4.78 is 19.3. The van der Waals surface area contributed by atoms with E-state index in [1.54, 1.807) is 12.1 Å². The van der Waals surface area contributed by atoms with Gasteiger partial charge in [0.15, 0.2) is 0 Å². The zero-order chi connectivity index (χ0) is 30.6. The van der Waals surface area contributed by atoms with Crippen molar-refractivity contribution in [2.24, 2.45) is 0 Å². The van der Waals surface area contributed by atoms with E-state index < -0.39 is 0 Å². The minimum atomic E-state index is -0.264. The maximum Gasteiger partial charge on any atom is 0.125 e. The molecule has 0 saturated heterocycles. The zero-order valence-corrected chi connectivity index (χ0v) is 24.9. The molecular weight excluding hydrogens is 565 g/mol. The van der Waals surface area contributed by atoms with Crippen molar-refractivity contribution in [2.45, 2.75) is 0 Å². The third-order valence-corrected chi connectivity index (χ3v) is 8.93. The van der Waals surface area contributed by atoms with Gasteiger partial charge in [-0.1, -0.05) is 97.1 Å². The predicted octanol–water partition coefficient (Wildman–Crippen LogP) is 11.5. The van der Waals surface area contributed by atoms with Gasteiger partial charge in [0, 0.05) is 44.3 Å². The maximum absolute atomic E-state index is 14.7. The van der Waals surface area contributed by atoms with Crippen molar-refractivity contribution in [1.82, 2.24) is 9.13 Å². The molecule has 0 spiro atoms. The molecule has 0 aliphatic heterocycles. The smallest absolute Gasteiger partial charge is 0.125 e. The molecule has 0 unspecified atom stereocenters. The molecule has 0 bridgehead atoms. The summed E-state index contributed by atoms with van der Waals surface area (Å²) in [6.45, 7) is 0. The van der Waals surface area contributed by atoms with Gasteiger partial charge in [-0.2, -0.15) is 0 Å². The van der Waals surface area contributed by atoms with E-state index in [2.05, 4.69) is 147 Å². The number of anilines is 3. The molecule has 0 aliphatic carbocycles. The highest BCUT2D eigenvalue weighted by atomic mass is 19.1. The Kier molecular flexibility index (Phi) is 6.00. The lowest BCUT2D eigenvalue weighted by Gasteiger charge is -2.27. The van der Waals surface area contributed by atoms with Crippen LogP contribution in [0.25, 0.3) is 55.0 Å². The van der Waals surface area contributed by atoms with Gasteiger partial charge in [-0.25, -0.2) is 4.39 Å². The Morgan fingerprint density at radius 2 is 0.978 bits per heavy atom. The van der Waals surface area contributed by atoms with Gasteiger partial charge in [0.05, 0.1) is 27.8 Å². The van der Waals surface area contributed by atoms with Gasteiger partial charge in [0.2, 0.25) is 0 Å². The molecule has 0 atom stereocenters. The van der Waals surface area contributed by atoms with Gasteiger partial charge in [-0.3, -0.25) is 0 Å². The second kappa shape index (κ2) is 10.5. The van der Waals surface area contributed by atoms with E-state index in [9.17, 15) is 4.39 Å². The van der Waals surface area contributed by atoms with Crippen LogP contribution in [0.3, 0.4) is 0 Å². The molecule has 0 amide bonds. The van der Waals surface area contributed by atoms with Gasteiger partial charge in [0.25, 0.3) is 0 Å². The van der Waals surface area contributed by atoms with Gasteiger partial charge >= 0.3 is 0 Å². The molecule has 2 heterocycles. The van der Waals surface area contributed by atoms with Crippen LogP contribution < -0.4 is 4.90 Å². The van der Waals surface area contributed by atoms with Crippen LogP contribution in [0.4, 0.5) is 21.5 Å². The predicted molar refractivity (Wildman–Crippen MR) is 190 cm³/mol. The van der Waals surface area contributed by atoms with Crippen molar-refractivity contribution in [2.75, 3.05) is 4.90 Å². The fourth-order valence-corrected chi connectivity index (χ4v) is 7.02. The molecule has 0 N–H and O–H groups in total. The highest BCUT2D eigenvalue weighted by Gasteiger charge is 2.22. The molecule has 7 aromatic carbocycles. The fraction of sp³-hybridized carbons (Fsp3) is 0. The minimum Gasteiger partial charge on any atom is -0.309 e. The summed E-state index contributed by atoms with van der Waals surface area (Å²) in [6.07, 6.45) is 0. The fourth-order valence-electron chi connectivity index (χ4n) is 7.02. The number of hydrogen-bond acceptors (Lipinski definition) is 1. The zero-order valence-electron chi connectivity index (χ0n) is 24.9. The van der Waals surface area contributed by atoms with Crippen LogP contribution in [-0.2, 0) is 0 Å². The normalized spacial score (nSPS) is 11.6. The Hall–Kier alpha value is -6.13. The lowest BCUT2D eigenvalue weighted by Crippen LogP contribution is -2.11. The molecule has 0 fully saturated rings. The first-order valence-corrected chi connectivity index (χ1v) is 15.5. The first kappa shape index (κ1) is 26.3. The summed E-state index contributed by atoms with van der Waals surface area (Å²) in [7, 11) is 0. The van der Waals surface area contributed by atoms with Crippen LogP contribution in [0.5, 0.6) is 0 Å². The summed E-state index contributed by atoms with van der Waals surface area (Å²) >= 11 is 0. The number of aromatic nitrogens is 2. The Balaban J connectivity index is 1.38. The molecular formula is C42H28FN3. The lowest BCUT2D eigenvalue weighted by atomic mass is 10.1. The van der Waals surface area contributed by atoms with Crippen molar-refractivity contribution in [3.05, 3.63) is 176 Å². The maximum atomic E-state index is 14.7. The highest BCUT2D eigenvalue weighted by molar-refractivity contribution is 6.15. The molecule has 46 heavy (non-hydrogen) atoms. The number of fused-ring (bicyclic) bond motifs is 6. The number of para-hydroxylation sites is 5. The molecule has 0 saturated carbocycles. The summed E-state index contributed by atoms with van der Waals surface area (Å²) in [5.74, 6) is -0.264. The van der Waals surface area contributed by atoms with E-state index in [0.29, 0.717) is 0 Å². The van der Waals surface area contributed by atoms with Gasteiger partial charge in [0.1, 0.15) is 5.82 Å². The van der Waals surface area contributed by atoms with E-state index >= 15 is 0 Å². The van der Waals surface area contributed by atoms with E-state index in [-0.39, 0.29) is 5.82 Å². The molecule has 9 aromatic rings. The first-order valence-electron chi connectivity index (χ1n) is 15.5. The standard InChI is InChI=1S/C42H28FN3/c43-29-13-11-18-32(27-29)46-39-23-10-8-20-35(39)37-21-12-24-40(42(37)46)44(30-14-3-1-4-15-30)33-25-26-36-34-19-7-9-22-38(34)45(41(36)28-33)31-16-5-2-6-17-31/h1-28H. The van der Waals surface area contributed by atoms with Crippen LogP contribution in [0.2, 0.25) is 0 Å². The van der Waals surface area contributed by atoms with Crippen LogP contribution in [0, 0.1) is 5.82 Å². The topological polar surface area (TPSA) is 13.1 Å². The van der Waals surface area contributed by atoms with E-state index in [1.807, 2.05) is 18.2 Å². The highest BCUT2D eigenvalue weighted by Crippen LogP contribution is 2.44. The van der Waals surface area contributed by atoms with Crippen molar-refractivity contribution in [3.63, 3.8) is 0 Å².